The predicted molar refractivity (Wildman–Crippen MR) is 130 cm³/mol. The van der Waals surface area contributed by atoms with E-state index in [2.05, 4.69) is 41.4 Å². The summed E-state index contributed by atoms with van der Waals surface area (Å²) in [5.41, 5.74) is 5.42. The molecule has 1 aliphatic carbocycles. The Morgan fingerprint density at radius 2 is 1.47 bits per heavy atom. The molecule has 5 nitrogen and oxygen atoms in total. The van der Waals surface area contributed by atoms with Crippen molar-refractivity contribution in [2.45, 2.75) is 50.1 Å². The summed E-state index contributed by atoms with van der Waals surface area (Å²) in [6, 6.07) is 22.3. The number of hydrogen-bond acceptors (Lipinski definition) is 4. The Balaban J connectivity index is 1.17. The maximum Gasteiger partial charge on any atom is 0.410 e. The van der Waals surface area contributed by atoms with Crippen molar-refractivity contribution >= 4 is 11.9 Å². The number of aromatic nitrogens is 1. The Hall–Kier alpha value is -3.47. The lowest BCUT2D eigenvalue weighted by Crippen LogP contribution is -2.56. The second-order valence-electron chi connectivity index (χ2n) is 9.70. The van der Waals surface area contributed by atoms with Crippen molar-refractivity contribution in [3.05, 3.63) is 89.7 Å². The summed E-state index contributed by atoms with van der Waals surface area (Å²) in [5.74, 6) is 0.0759. The van der Waals surface area contributed by atoms with Crippen molar-refractivity contribution in [1.29, 1.82) is 0 Å². The molecule has 0 spiro atoms. The highest BCUT2D eigenvalue weighted by Crippen LogP contribution is 2.45. The number of ether oxygens (including phenoxy) is 1. The first-order chi connectivity index (χ1) is 16.7. The first-order valence-electron chi connectivity index (χ1n) is 12.3. The lowest BCUT2D eigenvalue weighted by Gasteiger charge is -2.47. The number of hydrogen-bond donors (Lipinski definition) is 0. The van der Waals surface area contributed by atoms with Gasteiger partial charge in [-0.2, -0.15) is 0 Å². The van der Waals surface area contributed by atoms with Gasteiger partial charge in [0.1, 0.15) is 12.3 Å². The third-order valence-corrected chi connectivity index (χ3v) is 7.81. The fourth-order valence-corrected chi connectivity index (χ4v) is 6.28. The van der Waals surface area contributed by atoms with Crippen molar-refractivity contribution in [2.24, 2.45) is 5.92 Å². The average molecular weight is 453 g/mol. The molecule has 1 amide bonds. The van der Waals surface area contributed by atoms with Crippen LogP contribution in [-0.4, -0.2) is 40.5 Å². The van der Waals surface area contributed by atoms with E-state index in [1.165, 1.54) is 22.3 Å². The van der Waals surface area contributed by atoms with Gasteiger partial charge in [-0.15, -0.1) is 0 Å². The van der Waals surface area contributed by atoms with Gasteiger partial charge in [0, 0.05) is 30.1 Å². The minimum atomic E-state index is -0.236. The van der Waals surface area contributed by atoms with Crippen molar-refractivity contribution in [1.82, 2.24) is 9.88 Å². The smallest absolute Gasteiger partial charge is 0.410 e. The van der Waals surface area contributed by atoms with Gasteiger partial charge in [0.2, 0.25) is 0 Å². The van der Waals surface area contributed by atoms with Gasteiger partial charge < -0.3 is 9.64 Å². The van der Waals surface area contributed by atoms with Crippen LogP contribution in [0.5, 0.6) is 0 Å². The maximum absolute atomic E-state index is 13.3. The molecule has 34 heavy (non-hydrogen) atoms. The van der Waals surface area contributed by atoms with E-state index in [0.29, 0.717) is 25.1 Å². The number of benzene rings is 2. The molecule has 2 aromatic carbocycles. The van der Waals surface area contributed by atoms with E-state index in [9.17, 15) is 9.59 Å². The number of piperidine rings is 2. The molecule has 0 saturated carbocycles. The van der Waals surface area contributed by atoms with Gasteiger partial charge in [0.05, 0.1) is 0 Å². The monoisotopic (exact) mass is 452 g/mol. The van der Waals surface area contributed by atoms with E-state index in [1.54, 1.807) is 12.3 Å². The summed E-state index contributed by atoms with van der Waals surface area (Å²) in [4.78, 5) is 32.6. The average Bonchev–Trinajstić information content (AvgIpc) is 3.20. The summed E-state index contributed by atoms with van der Waals surface area (Å²) >= 11 is 0. The molecule has 2 aliphatic heterocycles. The Morgan fingerprint density at radius 3 is 2.09 bits per heavy atom. The lowest BCUT2D eigenvalue weighted by atomic mass is 9.76. The molecule has 3 aliphatic rings. The van der Waals surface area contributed by atoms with Crippen LogP contribution in [0.1, 0.15) is 59.6 Å². The third kappa shape index (κ3) is 3.60. The SMILES string of the molecule is O=C(c1ccccn1)C1CC2CCCC(C1)N2C(=O)OCC1c2ccccc2-c2ccccc21. The molecule has 6 rings (SSSR count). The number of ketones is 1. The molecule has 2 bridgehead atoms. The van der Waals surface area contributed by atoms with Crippen molar-refractivity contribution in [3.8, 4) is 11.1 Å². The minimum Gasteiger partial charge on any atom is -0.448 e. The van der Waals surface area contributed by atoms with Crippen molar-refractivity contribution < 1.29 is 14.3 Å². The molecule has 0 N–H and O–H groups in total. The molecular formula is C29H28N2O3. The van der Waals surface area contributed by atoms with Crippen LogP contribution in [0.3, 0.4) is 0 Å². The van der Waals surface area contributed by atoms with Gasteiger partial charge in [-0.25, -0.2) is 4.79 Å². The maximum atomic E-state index is 13.3. The quantitative estimate of drug-likeness (QED) is 0.466. The van der Waals surface area contributed by atoms with Crippen LogP contribution in [-0.2, 0) is 4.74 Å². The van der Waals surface area contributed by atoms with E-state index >= 15 is 0 Å². The number of fused-ring (bicyclic) bond motifs is 5. The first-order valence-corrected chi connectivity index (χ1v) is 12.3. The number of nitrogens with zero attached hydrogens (tertiary/aromatic N) is 2. The van der Waals surface area contributed by atoms with Crippen molar-refractivity contribution in [3.63, 3.8) is 0 Å². The van der Waals surface area contributed by atoms with E-state index in [1.807, 2.05) is 29.2 Å². The lowest BCUT2D eigenvalue weighted by molar-refractivity contribution is 0.00641. The Labute approximate surface area is 199 Å². The summed E-state index contributed by atoms with van der Waals surface area (Å²) < 4.78 is 5.99. The molecule has 172 valence electrons. The van der Waals surface area contributed by atoms with Crippen LogP contribution in [0.4, 0.5) is 4.79 Å². The van der Waals surface area contributed by atoms with E-state index in [-0.39, 0.29) is 35.8 Å². The van der Waals surface area contributed by atoms with Crippen molar-refractivity contribution in [2.75, 3.05) is 6.61 Å². The van der Waals surface area contributed by atoms with Crippen LogP contribution < -0.4 is 0 Å². The second-order valence-corrected chi connectivity index (χ2v) is 9.70. The molecule has 3 aromatic rings. The minimum absolute atomic E-state index is 0.0551. The summed E-state index contributed by atoms with van der Waals surface area (Å²) in [6.07, 6.45) is 5.75. The Kier molecular flexibility index (Phi) is 5.40. The second kappa shape index (κ2) is 8.71. The Bertz CT molecular complexity index is 1170. The van der Waals surface area contributed by atoms with E-state index < -0.39 is 0 Å². The van der Waals surface area contributed by atoms with Gasteiger partial charge in [-0.3, -0.25) is 9.78 Å². The molecule has 2 saturated heterocycles. The highest BCUT2D eigenvalue weighted by Gasteiger charge is 2.44. The van der Waals surface area contributed by atoms with Crippen LogP contribution in [0, 0.1) is 5.92 Å². The van der Waals surface area contributed by atoms with E-state index in [4.69, 9.17) is 4.74 Å². The van der Waals surface area contributed by atoms with E-state index in [0.717, 1.165) is 19.3 Å². The molecular weight excluding hydrogens is 424 g/mol. The summed E-state index contributed by atoms with van der Waals surface area (Å²) in [7, 11) is 0. The highest BCUT2D eigenvalue weighted by molar-refractivity contribution is 5.96. The number of carbonyl (C=O) groups excluding carboxylic acids is 2. The van der Waals surface area contributed by atoms with Gasteiger partial charge in [-0.05, 0) is 66.5 Å². The molecule has 2 atom stereocenters. The van der Waals surface area contributed by atoms with Crippen LogP contribution >= 0.6 is 0 Å². The van der Waals surface area contributed by atoms with Crippen LogP contribution in [0.2, 0.25) is 0 Å². The molecule has 1 aromatic heterocycles. The highest BCUT2D eigenvalue weighted by atomic mass is 16.6. The number of amides is 1. The fraction of sp³-hybridized carbons (Fsp3) is 0.345. The topological polar surface area (TPSA) is 59.5 Å². The van der Waals surface area contributed by atoms with Crippen LogP contribution in [0.15, 0.2) is 72.9 Å². The zero-order valence-corrected chi connectivity index (χ0v) is 19.1. The predicted octanol–water partition coefficient (Wildman–Crippen LogP) is 5.85. The Morgan fingerprint density at radius 1 is 0.853 bits per heavy atom. The van der Waals surface area contributed by atoms with Gasteiger partial charge >= 0.3 is 6.09 Å². The van der Waals surface area contributed by atoms with Gasteiger partial charge in [0.15, 0.2) is 5.78 Å². The zero-order valence-electron chi connectivity index (χ0n) is 19.1. The fourth-order valence-electron chi connectivity index (χ4n) is 6.28. The number of rotatable bonds is 4. The third-order valence-electron chi connectivity index (χ3n) is 7.81. The van der Waals surface area contributed by atoms with Gasteiger partial charge in [0.25, 0.3) is 0 Å². The largest absolute Gasteiger partial charge is 0.448 e. The molecule has 0 radical (unpaired) electrons. The molecule has 3 heterocycles. The summed E-state index contributed by atoms with van der Waals surface area (Å²) in [6.45, 7) is 0.332. The normalized spacial score (nSPS) is 23.2. The number of pyridine rings is 1. The van der Waals surface area contributed by atoms with Crippen LogP contribution in [0.25, 0.3) is 11.1 Å². The zero-order chi connectivity index (χ0) is 23.1. The summed E-state index contributed by atoms with van der Waals surface area (Å²) in [5, 5.41) is 0. The number of Topliss-reactive ketones (excluding diaryl/α,β-unsaturated/α-hetero) is 1. The van der Waals surface area contributed by atoms with Gasteiger partial charge in [-0.1, -0.05) is 54.6 Å². The molecule has 2 unspecified atom stereocenters. The number of carbonyl (C=O) groups is 2. The first kappa shape index (κ1) is 21.1. The standard InChI is InChI=1S/C29H28N2O3/c32-28(27-14-5-6-15-30-27)19-16-20-8-7-9-21(17-19)31(20)29(33)34-18-26-24-12-3-1-10-22(24)23-11-2-4-13-25(23)26/h1-6,10-15,19-21,26H,7-9,16-18H2. The molecule has 2 fully saturated rings. The molecule has 5 heteroatoms.